The Balaban J connectivity index is 1.96. The van der Waals surface area contributed by atoms with Crippen LogP contribution in [0.25, 0.3) is 0 Å². The van der Waals surface area contributed by atoms with Gasteiger partial charge in [-0.25, -0.2) is 0 Å². The van der Waals surface area contributed by atoms with Gasteiger partial charge in [0.2, 0.25) is 5.91 Å². The fourth-order valence-corrected chi connectivity index (χ4v) is 2.64. The summed E-state index contributed by atoms with van der Waals surface area (Å²) in [6.45, 7) is 0.624. The van der Waals surface area contributed by atoms with Gasteiger partial charge in [-0.2, -0.15) is 0 Å². The lowest BCUT2D eigenvalue weighted by Crippen LogP contribution is -2.27. The van der Waals surface area contributed by atoms with Gasteiger partial charge in [0.25, 0.3) is 0 Å². The number of hydrogen-bond acceptors (Lipinski definition) is 4. The average Bonchev–Trinajstić information content (AvgIpc) is 3.00. The maximum absolute atomic E-state index is 12.2. The minimum atomic E-state index is 0.0555. The van der Waals surface area contributed by atoms with E-state index in [1.54, 1.807) is 35.4 Å². The van der Waals surface area contributed by atoms with Gasteiger partial charge in [0.1, 0.15) is 0 Å². The van der Waals surface area contributed by atoms with Crippen LogP contribution in [0.2, 0.25) is 0 Å². The molecule has 0 unspecified atom stereocenters. The number of amides is 1. The number of benzene rings is 1. The fraction of sp³-hybridized carbons (Fsp3) is 0.200. The zero-order valence-corrected chi connectivity index (χ0v) is 12.5. The van der Waals surface area contributed by atoms with Crippen LogP contribution >= 0.6 is 11.3 Å². The van der Waals surface area contributed by atoms with Crippen molar-refractivity contribution >= 4 is 23.1 Å². The molecule has 0 atom stereocenters. The van der Waals surface area contributed by atoms with Gasteiger partial charge in [-0.3, -0.25) is 4.79 Å². The number of carbonyl (C=O) groups excluding carboxylic acids is 1. The largest absolute Gasteiger partial charge is 0.409 e. The van der Waals surface area contributed by atoms with Crippen LogP contribution in [0, 0.1) is 0 Å². The molecule has 0 aliphatic carbocycles. The fourth-order valence-electron chi connectivity index (χ4n) is 1.89. The van der Waals surface area contributed by atoms with E-state index >= 15 is 0 Å². The number of hydrogen-bond donors (Lipinski definition) is 2. The van der Waals surface area contributed by atoms with E-state index in [1.165, 1.54) is 0 Å². The highest BCUT2D eigenvalue weighted by molar-refractivity contribution is 7.09. The second-order valence-electron chi connectivity index (χ2n) is 4.69. The van der Waals surface area contributed by atoms with Crippen molar-refractivity contribution < 1.29 is 10.0 Å². The summed E-state index contributed by atoms with van der Waals surface area (Å²) in [6.07, 6.45) is 0.332. The predicted octanol–water partition coefficient (Wildman–Crippen LogP) is 2.04. The van der Waals surface area contributed by atoms with Crippen LogP contribution in [-0.2, 0) is 17.8 Å². The van der Waals surface area contributed by atoms with Gasteiger partial charge < -0.3 is 15.8 Å². The number of nitrogens with zero attached hydrogens (tertiary/aromatic N) is 2. The predicted molar refractivity (Wildman–Crippen MR) is 83.4 cm³/mol. The van der Waals surface area contributed by atoms with Crippen LogP contribution < -0.4 is 5.73 Å². The quantitative estimate of drug-likeness (QED) is 0.384. The summed E-state index contributed by atoms with van der Waals surface area (Å²) < 4.78 is 0. The molecule has 2 rings (SSSR count). The van der Waals surface area contributed by atoms with Gasteiger partial charge in [-0.05, 0) is 17.0 Å². The Kier molecular flexibility index (Phi) is 4.94. The van der Waals surface area contributed by atoms with Crippen molar-refractivity contribution in [2.45, 2.75) is 13.0 Å². The number of likely N-dealkylation sites (N-methyl/N-ethyl adjacent to an activating group) is 1. The summed E-state index contributed by atoms with van der Waals surface area (Å²) in [5.74, 6) is 0.114. The van der Waals surface area contributed by atoms with Crippen LogP contribution in [0.4, 0.5) is 0 Å². The van der Waals surface area contributed by atoms with Gasteiger partial charge in [-0.1, -0.05) is 35.5 Å². The van der Waals surface area contributed by atoms with Crippen molar-refractivity contribution in [1.82, 2.24) is 4.90 Å². The lowest BCUT2D eigenvalue weighted by Gasteiger charge is -2.16. The first-order valence-electron chi connectivity index (χ1n) is 6.43. The van der Waals surface area contributed by atoms with Crippen molar-refractivity contribution in [2.24, 2.45) is 10.9 Å². The maximum Gasteiger partial charge on any atom is 0.227 e. The molecule has 0 saturated carbocycles. The van der Waals surface area contributed by atoms with E-state index in [2.05, 4.69) is 5.16 Å². The molecule has 0 bridgehead atoms. The van der Waals surface area contributed by atoms with Crippen LogP contribution in [-0.4, -0.2) is 28.9 Å². The summed E-state index contributed by atoms with van der Waals surface area (Å²) in [5.41, 5.74) is 7.02. The summed E-state index contributed by atoms with van der Waals surface area (Å²) >= 11 is 1.64. The standard InChI is InChI=1S/C15H17N3O2S/c1-18(10-13-3-2-8-21-13)14(19)9-11-4-6-12(7-5-11)15(16)17-20/h2-8,20H,9-10H2,1H3,(H2,16,17). The summed E-state index contributed by atoms with van der Waals surface area (Å²) in [7, 11) is 1.80. The third-order valence-corrected chi connectivity index (χ3v) is 3.97. The minimum absolute atomic E-state index is 0.0555. The summed E-state index contributed by atoms with van der Waals surface area (Å²) in [5, 5.41) is 13.5. The second-order valence-corrected chi connectivity index (χ2v) is 5.72. The zero-order valence-electron chi connectivity index (χ0n) is 11.7. The molecular weight excluding hydrogens is 286 g/mol. The van der Waals surface area contributed by atoms with E-state index in [1.807, 2.05) is 29.6 Å². The molecule has 1 aromatic carbocycles. The SMILES string of the molecule is CN(Cc1cccs1)C(=O)Cc1ccc(C(N)=NO)cc1. The van der Waals surface area contributed by atoms with Crippen LogP contribution in [0.3, 0.4) is 0 Å². The molecule has 0 saturated heterocycles. The number of amidine groups is 1. The normalized spacial score (nSPS) is 11.4. The topological polar surface area (TPSA) is 78.9 Å². The molecule has 5 nitrogen and oxygen atoms in total. The van der Waals surface area contributed by atoms with E-state index in [9.17, 15) is 4.79 Å². The Labute approximate surface area is 127 Å². The van der Waals surface area contributed by atoms with Gasteiger partial charge in [0.05, 0.1) is 13.0 Å². The zero-order chi connectivity index (χ0) is 15.2. The highest BCUT2D eigenvalue weighted by atomic mass is 32.1. The lowest BCUT2D eigenvalue weighted by molar-refractivity contribution is -0.129. The number of rotatable bonds is 5. The number of oxime groups is 1. The molecule has 1 aromatic heterocycles. The van der Waals surface area contributed by atoms with E-state index in [4.69, 9.17) is 10.9 Å². The average molecular weight is 303 g/mol. The molecule has 1 amide bonds. The molecule has 0 radical (unpaired) electrons. The molecule has 0 aliphatic rings. The Hall–Kier alpha value is -2.34. The Morgan fingerprint density at radius 3 is 2.62 bits per heavy atom. The summed E-state index contributed by atoms with van der Waals surface area (Å²) in [4.78, 5) is 15.0. The molecule has 21 heavy (non-hydrogen) atoms. The van der Waals surface area contributed by atoms with Crippen molar-refractivity contribution in [3.05, 3.63) is 57.8 Å². The highest BCUT2D eigenvalue weighted by Gasteiger charge is 2.11. The number of thiophene rings is 1. The number of nitrogens with two attached hydrogens (primary N) is 1. The van der Waals surface area contributed by atoms with Gasteiger partial charge in [-0.15, -0.1) is 11.3 Å². The Morgan fingerprint density at radius 1 is 1.33 bits per heavy atom. The van der Waals surface area contributed by atoms with Crippen LogP contribution in [0.5, 0.6) is 0 Å². The Bertz CT molecular complexity index is 621. The first kappa shape index (κ1) is 15.1. The first-order chi connectivity index (χ1) is 10.1. The van der Waals surface area contributed by atoms with Gasteiger partial charge in [0, 0.05) is 17.5 Å². The second kappa shape index (κ2) is 6.90. The number of carbonyl (C=O) groups is 1. The molecular formula is C15H17N3O2S. The molecule has 110 valence electrons. The molecule has 3 N–H and O–H groups in total. The van der Waals surface area contributed by atoms with E-state index in [-0.39, 0.29) is 11.7 Å². The van der Waals surface area contributed by atoms with Crippen LogP contribution in [0.1, 0.15) is 16.0 Å². The van der Waals surface area contributed by atoms with Crippen LogP contribution in [0.15, 0.2) is 46.9 Å². The third kappa shape index (κ3) is 4.06. The van der Waals surface area contributed by atoms with Gasteiger partial charge in [0.15, 0.2) is 5.84 Å². The Morgan fingerprint density at radius 2 is 2.05 bits per heavy atom. The molecule has 0 spiro atoms. The van der Waals surface area contributed by atoms with Gasteiger partial charge >= 0.3 is 0 Å². The van der Waals surface area contributed by atoms with Crippen molar-refractivity contribution in [2.75, 3.05) is 7.05 Å². The smallest absolute Gasteiger partial charge is 0.227 e. The van der Waals surface area contributed by atoms with Crippen molar-refractivity contribution in [1.29, 1.82) is 0 Å². The molecule has 2 aromatic rings. The van der Waals surface area contributed by atoms with E-state index < -0.39 is 0 Å². The molecule has 6 heteroatoms. The molecule has 1 heterocycles. The molecule has 0 fully saturated rings. The first-order valence-corrected chi connectivity index (χ1v) is 7.31. The lowest BCUT2D eigenvalue weighted by atomic mass is 10.1. The van der Waals surface area contributed by atoms with Crippen molar-refractivity contribution in [3.63, 3.8) is 0 Å². The van der Waals surface area contributed by atoms with E-state index in [0.717, 1.165) is 10.4 Å². The molecule has 0 aliphatic heterocycles. The minimum Gasteiger partial charge on any atom is -0.409 e. The maximum atomic E-state index is 12.2. The summed E-state index contributed by atoms with van der Waals surface area (Å²) in [6, 6.07) is 11.1. The third-order valence-electron chi connectivity index (χ3n) is 3.11. The van der Waals surface area contributed by atoms with Crippen molar-refractivity contribution in [3.8, 4) is 0 Å². The highest BCUT2D eigenvalue weighted by Crippen LogP contribution is 2.12. The van der Waals surface area contributed by atoms with E-state index in [0.29, 0.717) is 18.5 Å². The monoisotopic (exact) mass is 303 g/mol.